The first kappa shape index (κ1) is 14.7. The van der Waals surface area contributed by atoms with Crippen LogP contribution in [0.15, 0.2) is 22.6 Å². The summed E-state index contributed by atoms with van der Waals surface area (Å²) in [7, 11) is 1.44. The Labute approximate surface area is 137 Å². The lowest BCUT2D eigenvalue weighted by molar-refractivity contribution is -0.129. The molecule has 4 rings (SSSR count). The molecule has 1 aromatic carbocycles. The predicted molar refractivity (Wildman–Crippen MR) is 83.3 cm³/mol. The van der Waals surface area contributed by atoms with Crippen molar-refractivity contribution in [1.82, 2.24) is 20.1 Å². The summed E-state index contributed by atoms with van der Waals surface area (Å²) >= 11 is 0. The third-order valence-corrected chi connectivity index (χ3v) is 4.68. The number of benzene rings is 1. The van der Waals surface area contributed by atoms with Crippen molar-refractivity contribution < 1.29 is 18.8 Å². The Morgan fingerprint density at radius 2 is 2.17 bits per heavy atom. The summed E-state index contributed by atoms with van der Waals surface area (Å²) < 4.78 is 5.46. The number of para-hydroxylation sites is 1. The predicted octanol–water partition coefficient (Wildman–Crippen LogP) is 0.903. The second-order valence-corrected chi connectivity index (χ2v) is 6.24. The van der Waals surface area contributed by atoms with Gasteiger partial charge in [0.05, 0.1) is 12.1 Å². The van der Waals surface area contributed by atoms with Crippen LogP contribution >= 0.6 is 0 Å². The number of carbonyl (C=O) groups is 3. The molecule has 0 radical (unpaired) electrons. The number of fused-ring (bicyclic) bond motifs is 1. The van der Waals surface area contributed by atoms with E-state index in [1.54, 1.807) is 30.0 Å². The van der Waals surface area contributed by atoms with Gasteiger partial charge in [0.2, 0.25) is 0 Å². The number of nitrogens with one attached hydrogen (secondary N) is 1. The summed E-state index contributed by atoms with van der Waals surface area (Å²) in [4.78, 5) is 43.9. The van der Waals surface area contributed by atoms with E-state index in [0.29, 0.717) is 35.5 Å². The smallest absolute Gasteiger partial charge is 0.324 e. The molecule has 2 aromatic rings. The molecular formula is C16H16N4O4. The largest absolute Gasteiger partial charge is 0.441 e. The van der Waals surface area contributed by atoms with E-state index in [1.807, 2.05) is 0 Å². The topological polar surface area (TPSA) is 95.8 Å². The van der Waals surface area contributed by atoms with E-state index in [-0.39, 0.29) is 18.4 Å². The third-order valence-electron chi connectivity index (χ3n) is 4.68. The van der Waals surface area contributed by atoms with Gasteiger partial charge in [-0.2, -0.15) is 0 Å². The number of imide groups is 1. The van der Waals surface area contributed by atoms with E-state index in [2.05, 4.69) is 10.3 Å². The van der Waals surface area contributed by atoms with Crippen LogP contribution in [0.2, 0.25) is 0 Å². The lowest BCUT2D eigenvalue weighted by Crippen LogP contribution is -2.49. The Morgan fingerprint density at radius 3 is 2.88 bits per heavy atom. The Morgan fingerprint density at radius 1 is 1.38 bits per heavy atom. The summed E-state index contributed by atoms with van der Waals surface area (Å²) in [6, 6.07) is 4.76. The van der Waals surface area contributed by atoms with Gasteiger partial charge < -0.3 is 14.6 Å². The van der Waals surface area contributed by atoms with Crippen LogP contribution in [0, 0.1) is 6.92 Å². The SMILES string of the molecule is Cc1nc2c(C(=O)N3CCC4(C3)NC(=O)N(C)C4=O)cccc2o1. The molecule has 4 amide bonds. The second kappa shape index (κ2) is 4.80. The van der Waals surface area contributed by atoms with Crippen molar-refractivity contribution in [2.75, 3.05) is 20.1 Å². The zero-order chi connectivity index (χ0) is 17.1. The average Bonchev–Trinajstić information content (AvgIpc) is 3.20. The molecule has 2 aliphatic rings. The van der Waals surface area contributed by atoms with Crippen molar-refractivity contribution in [3.8, 4) is 0 Å². The number of oxazole rings is 1. The number of nitrogens with zero attached hydrogens (tertiary/aromatic N) is 3. The molecule has 1 atom stereocenters. The van der Waals surface area contributed by atoms with Gasteiger partial charge >= 0.3 is 6.03 Å². The van der Waals surface area contributed by atoms with Crippen LogP contribution in [0.3, 0.4) is 0 Å². The van der Waals surface area contributed by atoms with Gasteiger partial charge in [0.15, 0.2) is 11.5 Å². The number of aryl methyl sites for hydroxylation is 1. The Hall–Kier alpha value is -2.90. The van der Waals surface area contributed by atoms with Crippen molar-refractivity contribution in [2.24, 2.45) is 0 Å². The van der Waals surface area contributed by atoms with Gasteiger partial charge in [-0.1, -0.05) is 6.07 Å². The Kier molecular flexibility index (Phi) is 2.93. The van der Waals surface area contributed by atoms with Crippen LogP contribution < -0.4 is 5.32 Å². The maximum Gasteiger partial charge on any atom is 0.324 e. The van der Waals surface area contributed by atoms with Gasteiger partial charge in [-0.3, -0.25) is 14.5 Å². The van der Waals surface area contributed by atoms with Crippen molar-refractivity contribution in [1.29, 1.82) is 0 Å². The van der Waals surface area contributed by atoms with E-state index in [9.17, 15) is 14.4 Å². The average molecular weight is 328 g/mol. The van der Waals surface area contributed by atoms with Crippen LogP contribution in [0.4, 0.5) is 4.79 Å². The van der Waals surface area contributed by atoms with Crippen LogP contribution in [0.5, 0.6) is 0 Å². The molecule has 1 spiro atoms. The van der Waals surface area contributed by atoms with E-state index in [1.165, 1.54) is 7.05 Å². The van der Waals surface area contributed by atoms with Gasteiger partial charge in [-0.15, -0.1) is 0 Å². The first-order chi connectivity index (χ1) is 11.4. The maximum atomic E-state index is 12.9. The van der Waals surface area contributed by atoms with Gasteiger partial charge in [-0.05, 0) is 18.6 Å². The fourth-order valence-electron chi connectivity index (χ4n) is 3.42. The van der Waals surface area contributed by atoms with E-state index in [4.69, 9.17) is 4.42 Å². The fraction of sp³-hybridized carbons (Fsp3) is 0.375. The Balaban J connectivity index is 1.64. The third kappa shape index (κ3) is 1.92. The van der Waals surface area contributed by atoms with Crippen molar-refractivity contribution in [2.45, 2.75) is 18.9 Å². The summed E-state index contributed by atoms with van der Waals surface area (Å²) in [5.41, 5.74) is 0.499. The molecule has 2 aliphatic heterocycles. The molecule has 8 heteroatoms. The zero-order valence-corrected chi connectivity index (χ0v) is 13.3. The molecule has 2 saturated heterocycles. The van der Waals surface area contributed by atoms with Crippen LogP contribution in [0.25, 0.3) is 11.1 Å². The number of likely N-dealkylation sites (N-methyl/N-ethyl adjacent to an activating group) is 1. The van der Waals surface area contributed by atoms with E-state index >= 15 is 0 Å². The minimum absolute atomic E-state index is 0.161. The number of rotatable bonds is 1. The second-order valence-electron chi connectivity index (χ2n) is 6.24. The highest BCUT2D eigenvalue weighted by atomic mass is 16.3. The van der Waals surface area contributed by atoms with Crippen LogP contribution in [0.1, 0.15) is 22.7 Å². The quantitative estimate of drug-likeness (QED) is 0.785. The monoisotopic (exact) mass is 328 g/mol. The summed E-state index contributed by atoms with van der Waals surface area (Å²) in [5.74, 6) is -0.0244. The highest BCUT2D eigenvalue weighted by Crippen LogP contribution is 2.30. The zero-order valence-electron chi connectivity index (χ0n) is 13.3. The molecule has 1 unspecified atom stereocenters. The number of hydrogen-bond acceptors (Lipinski definition) is 5. The molecule has 24 heavy (non-hydrogen) atoms. The van der Waals surface area contributed by atoms with Crippen molar-refractivity contribution in [3.05, 3.63) is 29.7 Å². The van der Waals surface area contributed by atoms with Crippen molar-refractivity contribution in [3.63, 3.8) is 0 Å². The van der Waals surface area contributed by atoms with Crippen molar-refractivity contribution >= 4 is 28.9 Å². The van der Waals surface area contributed by atoms with Gasteiger partial charge in [0.25, 0.3) is 11.8 Å². The summed E-state index contributed by atoms with van der Waals surface area (Å²) in [5, 5.41) is 2.72. The molecule has 3 heterocycles. The maximum absolute atomic E-state index is 12.9. The first-order valence-electron chi connectivity index (χ1n) is 7.67. The minimum atomic E-state index is -1.00. The molecule has 0 bridgehead atoms. The van der Waals surface area contributed by atoms with Gasteiger partial charge in [0.1, 0.15) is 11.1 Å². The molecule has 0 saturated carbocycles. The lowest BCUT2D eigenvalue weighted by atomic mass is 9.99. The number of urea groups is 1. The molecule has 2 fully saturated rings. The molecule has 124 valence electrons. The molecule has 0 aliphatic carbocycles. The van der Waals surface area contributed by atoms with Crippen LogP contribution in [-0.2, 0) is 4.79 Å². The summed E-state index contributed by atoms with van der Waals surface area (Å²) in [6.45, 7) is 2.28. The van der Waals surface area contributed by atoms with Crippen LogP contribution in [-0.4, -0.2) is 58.3 Å². The number of likely N-dealkylation sites (tertiary alicyclic amines) is 1. The number of hydrogen-bond donors (Lipinski definition) is 1. The Bertz CT molecular complexity index is 889. The van der Waals surface area contributed by atoms with Gasteiger partial charge in [-0.25, -0.2) is 9.78 Å². The number of amides is 4. The highest BCUT2D eigenvalue weighted by Gasteiger charge is 2.54. The van der Waals surface area contributed by atoms with E-state index < -0.39 is 11.6 Å². The first-order valence-corrected chi connectivity index (χ1v) is 7.67. The lowest BCUT2D eigenvalue weighted by Gasteiger charge is -2.21. The van der Waals surface area contributed by atoms with E-state index in [0.717, 1.165) is 4.90 Å². The molecule has 1 aromatic heterocycles. The molecular weight excluding hydrogens is 312 g/mol. The number of carbonyl (C=O) groups excluding carboxylic acids is 3. The highest BCUT2D eigenvalue weighted by molar-refractivity contribution is 6.09. The molecule has 8 nitrogen and oxygen atoms in total. The van der Waals surface area contributed by atoms with Gasteiger partial charge in [0, 0.05) is 20.5 Å². The fourth-order valence-corrected chi connectivity index (χ4v) is 3.42. The minimum Gasteiger partial charge on any atom is -0.441 e. The normalized spacial score (nSPS) is 23.6. The number of aromatic nitrogens is 1. The molecule has 1 N–H and O–H groups in total. The summed E-state index contributed by atoms with van der Waals surface area (Å²) in [6.07, 6.45) is 0.404. The standard InChI is InChI=1S/C16H16N4O4/c1-9-17-12-10(4-3-5-11(12)24-9)13(21)20-7-6-16(8-20)14(22)19(2)15(23)18-16/h3-5H,6-8H2,1-2H3,(H,18,23).